The molecular formula is C22H26N2O6. The molecule has 0 aliphatic carbocycles. The number of carbonyl (C=O) groups is 1. The minimum Gasteiger partial charge on any atom is -0.497 e. The van der Waals surface area contributed by atoms with Gasteiger partial charge in [-0.1, -0.05) is 0 Å². The summed E-state index contributed by atoms with van der Waals surface area (Å²) in [5, 5.41) is 6.07. The zero-order chi connectivity index (χ0) is 21.8. The van der Waals surface area contributed by atoms with Crippen molar-refractivity contribution in [2.45, 2.75) is 19.4 Å². The molecule has 1 atom stereocenters. The number of hydrogen-bond donors (Lipinski definition) is 0. The number of hydrazone groups is 1. The van der Waals surface area contributed by atoms with Crippen LogP contribution >= 0.6 is 0 Å². The Kier molecular flexibility index (Phi) is 6.34. The van der Waals surface area contributed by atoms with E-state index in [1.807, 2.05) is 30.3 Å². The molecule has 0 saturated heterocycles. The molecule has 160 valence electrons. The molecule has 1 heterocycles. The van der Waals surface area contributed by atoms with Crippen LogP contribution in [0.2, 0.25) is 0 Å². The van der Waals surface area contributed by atoms with Crippen molar-refractivity contribution < 1.29 is 28.5 Å². The number of benzene rings is 2. The number of methoxy groups -OCH3 is 5. The van der Waals surface area contributed by atoms with Gasteiger partial charge in [0.1, 0.15) is 11.5 Å². The van der Waals surface area contributed by atoms with E-state index >= 15 is 0 Å². The zero-order valence-electron chi connectivity index (χ0n) is 18.0. The molecule has 30 heavy (non-hydrogen) atoms. The first-order chi connectivity index (χ1) is 14.5. The van der Waals surface area contributed by atoms with E-state index in [9.17, 15) is 4.79 Å². The molecule has 1 aliphatic rings. The molecule has 0 radical (unpaired) electrons. The highest BCUT2D eigenvalue weighted by atomic mass is 16.5. The van der Waals surface area contributed by atoms with Gasteiger partial charge >= 0.3 is 0 Å². The second-order valence-electron chi connectivity index (χ2n) is 6.65. The maximum atomic E-state index is 12.4. The minimum atomic E-state index is -0.332. The van der Waals surface area contributed by atoms with Gasteiger partial charge in [0.05, 0.1) is 47.3 Å². The first-order valence-corrected chi connectivity index (χ1v) is 9.36. The Hall–Kier alpha value is -3.42. The second kappa shape index (κ2) is 8.94. The lowest BCUT2D eigenvalue weighted by molar-refractivity contribution is -0.130. The molecule has 0 N–H and O–H groups in total. The summed E-state index contributed by atoms with van der Waals surface area (Å²) < 4.78 is 27.2. The summed E-state index contributed by atoms with van der Waals surface area (Å²) in [7, 11) is 7.86. The van der Waals surface area contributed by atoms with Gasteiger partial charge in [-0.2, -0.15) is 5.10 Å². The lowest BCUT2D eigenvalue weighted by atomic mass is 9.97. The standard InChI is InChI=1S/C22H26N2O6/c1-13(25)24-18(16-11-15(26-2)7-8-19(16)27-3)12-17(23-24)14-9-20(28-4)22(30-6)21(10-14)29-5/h7-11,18H,12H2,1-6H3. The monoisotopic (exact) mass is 414 g/mol. The second-order valence-corrected chi connectivity index (χ2v) is 6.65. The maximum absolute atomic E-state index is 12.4. The fourth-order valence-corrected chi connectivity index (χ4v) is 3.56. The molecule has 2 aromatic rings. The molecule has 1 unspecified atom stereocenters. The van der Waals surface area contributed by atoms with Gasteiger partial charge in [0.25, 0.3) is 0 Å². The predicted octanol–water partition coefficient (Wildman–Crippen LogP) is 3.43. The number of rotatable bonds is 7. The molecule has 8 heteroatoms. The highest BCUT2D eigenvalue weighted by Gasteiger charge is 2.34. The molecule has 8 nitrogen and oxygen atoms in total. The molecule has 0 saturated carbocycles. The van der Waals surface area contributed by atoms with Crippen molar-refractivity contribution in [3.8, 4) is 28.7 Å². The highest BCUT2D eigenvalue weighted by molar-refractivity contribution is 6.04. The minimum absolute atomic E-state index is 0.174. The van der Waals surface area contributed by atoms with Crippen LogP contribution in [0.15, 0.2) is 35.4 Å². The molecule has 2 aromatic carbocycles. The van der Waals surface area contributed by atoms with Crippen LogP contribution in [0, 0.1) is 0 Å². The third-order valence-electron chi connectivity index (χ3n) is 5.03. The van der Waals surface area contributed by atoms with Gasteiger partial charge in [-0.3, -0.25) is 4.79 Å². The Bertz CT molecular complexity index is 947. The van der Waals surface area contributed by atoms with Crippen LogP contribution in [0.3, 0.4) is 0 Å². The van der Waals surface area contributed by atoms with Gasteiger partial charge in [-0.15, -0.1) is 0 Å². The van der Waals surface area contributed by atoms with E-state index in [0.29, 0.717) is 35.2 Å². The number of carbonyl (C=O) groups excluding carboxylic acids is 1. The average molecular weight is 414 g/mol. The van der Waals surface area contributed by atoms with E-state index in [-0.39, 0.29) is 11.9 Å². The quantitative estimate of drug-likeness (QED) is 0.691. The van der Waals surface area contributed by atoms with Crippen LogP contribution in [0.5, 0.6) is 28.7 Å². The van der Waals surface area contributed by atoms with Crippen molar-refractivity contribution in [2.75, 3.05) is 35.5 Å². The SMILES string of the molecule is COc1ccc(OC)c(C2CC(c3cc(OC)c(OC)c(OC)c3)=NN2C(C)=O)c1. The van der Waals surface area contributed by atoms with Crippen LogP contribution < -0.4 is 23.7 Å². The van der Waals surface area contributed by atoms with Gasteiger partial charge in [0, 0.05) is 24.5 Å². The van der Waals surface area contributed by atoms with E-state index in [2.05, 4.69) is 5.10 Å². The first-order valence-electron chi connectivity index (χ1n) is 9.36. The van der Waals surface area contributed by atoms with Crippen LogP contribution in [0.4, 0.5) is 0 Å². The van der Waals surface area contributed by atoms with Gasteiger partial charge in [-0.25, -0.2) is 5.01 Å². The van der Waals surface area contributed by atoms with Crippen LogP contribution in [0.25, 0.3) is 0 Å². The smallest absolute Gasteiger partial charge is 0.240 e. The summed E-state index contributed by atoms with van der Waals surface area (Å²) >= 11 is 0. The van der Waals surface area contributed by atoms with E-state index in [4.69, 9.17) is 23.7 Å². The Morgan fingerprint density at radius 3 is 2.03 bits per heavy atom. The Labute approximate surface area is 175 Å². The average Bonchev–Trinajstić information content (AvgIpc) is 3.23. The van der Waals surface area contributed by atoms with E-state index in [0.717, 1.165) is 16.8 Å². The molecule has 1 amide bonds. The number of nitrogens with zero attached hydrogens (tertiary/aromatic N) is 2. The van der Waals surface area contributed by atoms with Gasteiger partial charge in [0.2, 0.25) is 11.7 Å². The topological polar surface area (TPSA) is 78.8 Å². The molecule has 1 aliphatic heterocycles. The van der Waals surface area contributed by atoms with E-state index < -0.39 is 0 Å². The number of hydrogen-bond acceptors (Lipinski definition) is 7. The van der Waals surface area contributed by atoms with Crippen LogP contribution in [-0.2, 0) is 4.79 Å². The van der Waals surface area contributed by atoms with Crippen LogP contribution in [0.1, 0.15) is 30.5 Å². The van der Waals surface area contributed by atoms with Crippen molar-refractivity contribution in [2.24, 2.45) is 5.10 Å². The number of amides is 1. The third kappa shape index (κ3) is 3.85. The Morgan fingerprint density at radius 2 is 1.53 bits per heavy atom. The zero-order valence-corrected chi connectivity index (χ0v) is 18.0. The van der Waals surface area contributed by atoms with Crippen molar-refractivity contribution in [3.05, 3.63) is 41.5 Å². The van der Waals surface area contributed by atoms with Gasteiger partial charge < -0.3 is 23.7 Å². The molecule has 0 fully saturated rings. The third-order valence-corrected chi connectivity index (χ3v) is 5.03. The summed E-state index contributed by atoms with van der Waals surface area (Å²) in [6.45, 7) is 1.49. The summed E-state index contributed by atoms with van der Waals surface area (Å²) in [6, 6.07) is 8.82. The fourth-order valence-electron chi connectivity index (χ4n) is 3.56. The molecule has 0 aromatic heterocycles. The molecular weight excluding hydrogens is 388 g/mol. The van der Waals surface area contributed by atoms with Gasteiger partial charge in [0.15, 0.2) is 11.5 Å². The lowest BCUT2D eigenvalue weighted by Crippen LogP contribution is -2.24. The summed E-state index contributed by atoms with van der Waals surface area (Å²) in [6.07, 6.45) is 0.488. The van der Waals surface area contributed by atoms with Crippen molar-refractivity contribution in [1.29, 1.82) is 0 Å². The number of ether oxygens (including phenoxy) is 5. The van der Waals surface area contributed by atoms with Crippen molar-refractivity contribution >= 4 is 11.6 Å². The van der Waals surface area contributed by atoms with E-state index in [1.165, 1.54) is 11.9 Å². The van der Waals surface area contributed by atoms with E-state index in [1.54, 1.807) is 35.5 Å². The highest BCUT2D eigenvalue weighted by Crippen LogP contribution is 2.42. The summed E-state index contributed by atoms with van der Waals surface area (Å²) in [5.41, 5.74) is 2.32. The predicted molar refractivity (Wildman–Crippen MR) is 112 cm³/mol. The summed E-state index contributed by atoms with van der Waals surface area (Å²) in [5.74, 6) is 2.70. The molecule has 0 spiro atoms. The molecule has 0 bridgehead atoms. The van der Waals surface area contributed by atoms with Crippen LogP contribution in [-0.4, -0.2) is 52.2 Å². The normalized spacial score (nSPS) is 15.5. The lowest BCUT2D eigenvalue weighted by Gasteiger charge is -2.23. The fraction of sp³-hybridized carbons (Fsp3) is 0.364. The largest absolute Gasteiger partial charge is 0.497 e. The summed E-state index contributed by atoms with van der Waals surface area (Å²) in [4.78, 5) is 12.4. The van der Waals surface area contributed by atoms with Crippen molar-refractivity contribution in [1.82, 2.24) is 5.01 Å². The first kappa shape index (κ1) is 21.3. The van der Waals surface area contributed by atoms with Crippen molar-refractivity contribution in [3.63, 3.8) is 0 Å². The van der Waals surface area contributed by atoms with Gasteiger partial charge in [-0.05, 0) is 30.3 Å². The molecule has 3 rings (SSSR count). The maximum Gasteiger partial charge on any atom is 0.240 e. The Morgan fingerprint density at radius 1 is 0.900 bits per heavy atom. The Balaban J connectivity index is 2.06.